The van der Waals surface area contributed by atoms with Crippen molar-refractivity contribution >= 4 is 61.5 Å². The number of ether oxygens (including phenoxy) is 2. The zero-order valence-electron chi connectivity index (χ0n) is 22.5. The van der Waals surface area contributed by atoms with Gasteiger partial charge in [0.05, 0.1) is 7.11 Å². The second-order valence-corrected chi connectivity index (χ2v) is 10.4. The second-order valence-electron chi connectivity index (χ2n) is 10.4. The van der Waals surface area contributed by atoms with Gasteiger partial charge in [0.2, 0.25) is 0 Å². The molecule has 1 N–H and O–H groups in total. The molecule has 0 fully saturated rings. The number of amides is 1. The predicted octanol–water partition coefficient (Wildman–Crippen LogP) is 7.94. The summed E-state index contributed by atoms with van der Waals surface area (Å²) in [6.07, 6.45) is -0.793. The number of hydrogen-bond acceptors (Lipinski definition) is 6. The van der Waals surface area contributed by atoms with E-state index in [2.05, 4.69) is 5.32 Å². The molecular weight excluding hydrogens is 506 g/mol. The maximum atomic E-state index is 13.4. The molecule has 1 amide bonds. The molecule has 2 heterocycles. The Morgan fingerprint density at radius 2 is 1.15 bits per heavy atom. The third-order valence-corrected chi connectivity index (χ3v) is 6.61. The topological polar surface area (TPSA) is 90.9 Å². The summed E-state index contributed by atoms with van der Waals surface area (Å²) in [5.74, 6) is -0.748. The summed E-state index contributed by atoms with van der Waals surface area (Å²) < 4.78 is 23.4. The van der Waals surface area contributed by atoms with Crippen LogP contribution in [0.5, 0.6) is 0 Å². The molecule has 6 rings (SSSR count). The lowest BCUT2D eigenvalue weighted by Crippen LogP contribution is -2.35. The summed E-state index contributed by atoms with van der Waals surface area (Å²) in [7, 11) is 1.26. The minimum atomic E-state index is -0.793. The number of fused-ring (bicyclic) bond motifs is 6. The monoisotopic (exact) mass is 533 g/mol. The van der Waals surface area contributed by atoms with Crippen molar-refractivity contribution in [1.82, 2.24) is 5.32 Å². The highest BCUT2D eigenvalue weighted by molar-refractivity contribution is 6.16. The number of benzene rings is 4. The Hall–Kier alpha value is -5.04. The highest BCUT2D eigenvalue weighted by Gasteiger charge is 2.28. The minimum Gasteiger partial charge on any atom is -0.464 e. The van der Waals surface area contributed by atoms with Crippen LogP contribution < -0.4 is 5.32 Å². The first-order valence-electron chi connectivity index (χ1n) is 12.9. The lowest BCUT2D eigenvalue weighted by molar-refractivity contribution is -0.136. The van der Waals surface area contributed by atoms with Gasteiger partial charge in [-0.3, -0.25) is 5.32 Å². The number of nitrogens with one attached hydrogen (secondary N) is 1. The predicted molar refractivity (Wildman–Crippen MR) is 155 cm³/mol. The zero-order valence-corrected chi connectivity index (χ0v) is 22.5. The van der Waals surface area contributed by atoms with Crippen LogP contribution in [0.2, 0.25) is 0 Å². The van der Waals surface area contributed by atoms with Crippen LogP contribution in [0.15, 0.2) is 99.5 Å². The molecular formula is C33H27NO6. The lowest BCUT2D eigenvalue weighted by Gasteiger charge is -2.21. The van der Waals surface area contributed by atoms with Crippen molar-refractivity contribution in [3.63, 3.8) is 0 Å². The van der Waals surface area contributed by atoms with Crippen LogP contribution in [0.3, 0.4) is 0 Å². The van der Waals surface area contributed by atoms with Crippen LogP contribution in [0.25, 0.3) is 49.5 Å². The second kappa shape index (κ2) is 9.61. The largest absolute Gasteiger partial charge is 0.464 e. The average Bonchev–Trinajstić information content (AvgIpc) is 3.51. The third kappa shape index (κ3) is 4.35. The fraction of sp³-hybridized carbons (Fsp3) is 0.152. The minimum absolute atomic E-state index is 0.0994. The fourth-order valence-corrected chi connectivity index (χ4v) is 5.03. The van der Waals surface area contributed by atoms with E-state index in [4.69, 9.17) is 18.3 Å². The number of furan rings is 2. The zero-order chi connectivity index (χ0) is 28.0. The fourth-order valence-electron chi connectivity index (χ4n) is 5.03. The Bertz CT molecular complexity index is 1850. The molecule has 0 bridgehead atoms. The normalized spacial score (nSPS) is 11.7. The van der Waals surface area contributed by atoms with Crippen molar-refractivity contribution < 1.29 is 27.9 Å². The van der Waals surface area contributed by atoms with Crippen molar-refractivity contribution in [1.29, 1.82) is 0 Å². The Kier molecular flexibility index (Phi) is 6.07. The summed E-state index contributed by atoms with van der Waals surface area (Å²) in [6.45, 7) is 5.25. The number of rotatable bonds is 4. The SMILES string of the molecule is COC(=O)C(NC(=O)OC(C)(C)C)=C(c1cccc2c1oc1ccccc12)c1cccc2c1oc1ccccc12. The summed E-state index contributed by atoms with van der Waals surface area (Å²) in [5, 5.41) is 6.27. The summed E-state index contributed by atoms with van der Waals surface area (Å²) in [6, 6.07) is 26.8. The standard InChI is InChI=1S/C33H27NO6/c1-33(2,3)40-32(36)34-28(31(35)37-4)27(23-15-9-13-21-19-11-5-7-17-25(19)38-29(21)23)24-16-10-14-22-20-12-6-8-18-26(20)39-30(22)24/h5-18H,1-4H3,(H,34,36). The van der Waals surface area contributed by atoms with Gasteiger partial charge in [0.1, 0.15) is 33.6 Å². The Morgan fingerprint density at radius 3 is 1.62 bits per heavy atom. The van der Waals surface area contributed by atoms with Crippen molar-refractivity contribution in [2.75, 3.05) is 7.11 Å². The molecule has 6 aromatic rings. The molecule has 2 aromatic heterocycles. The van der Waals surface area contributed by atoms with E-state index >= 15 is 0 Å². The van der Waals surface area contributed by atoms with E-state index in [1.54, 1.807) is 20.8 Å². The van der Waals surface area contributed by atoms with Crippen molar-refractivity contribution in [2.24, 2.45) is 0 Å². The molecule has 0 aliphatic heterocycles. The molecule has 200 valence electrons. The van der Waals surface area contributed by atoms with Gasteiger partial charge in [-0.1, -0.05) is 72.8 Å². The number of carbonyl (C=O) groups is 2. The van der Waals surface area contributed by atoms with Crippen LogP contribution in [0.4, 0.5) is 4.79 Å². The van der Waals surface area contributed by atoms with Gasteiger partial charge in [-0.15, -0.1) is 0 Å². The highest BCUT2D eigenvalue weighted by atomic mass is 16.6. The summed E-state index contributed by atoms with van der Waals surface area (Å²) in [5.41, 5.74) is 3.17. The Labute approximate surface area is 229 Å². The molecule has 0 unspecified atom stereocenters. The molecule has 7 nitrogen and oxygen atoms in total. The number of alkyl carbamates (subject to hydrolysis) is 1. The van der Waals surface area contributed by atoms with Crippen molar-refractivity contribution in [3.8, 4) is 0 Å². The lowest BCUT2D eigenvalue weighted by atomic mass is 9.92. The van der Waals surface area contributed by atoms with E-state index in [1.807, 2.05) is 84.9 Å². The molecule has 4 aromatic carbocycles. The number of esters is 1. The number of methoxy groups -OCH3 is 1. The van der Waals surface area contributed by atoms with E-state index in [9.17, 15) is 9.59 Å². The smallest absolute Gasteiger partial charge is 0.412 e. The third-order valence-electron chi connectivity index (χ3n) is 6.61. The Morgan fingerprint density at radius 1 is 0.675 bits per heavy atom. The molecule has 0 radical (unpaired) electrons. The van der Waals surface area contributed by atoms with Crippen LogP contribution >= 0.6 is 0 Å². The molecule has 0 aliphatic carbocycles. The van der Waals surface area contributed by atoms with Gasteiger partial charge in [0.25, 0.3) is 0 Å². The van der Waals surface area contributed by atoms with E-state index in [-0.39, 0.29) is 5.70 Å². The molecule has 0 aliphatic rings. The maximum Gasteiger partial charge on any atom is 0.412 e. The van der Waals surface area contributed by atoms with Crippen LogP contribution in [0.1, 0.15) is 31.9 Å². The first-order chi connectivity index (χ1) is 19.2. The summed E-state index contributed by atoms with van der Waals surface area (Å²) >= 11 is 0. The van der Waals surface area contributed by atoms with E-state index in [0.717, 1.165) is 21.5 Å². The van der Waals surface area contributed by atoms with Gasteiger partial charge in [-0.05, 0) is 32.9 Å². The number of para-hydroxylation sites is 4. The van der Waals surface area contributed by atoms with Crippen molar-refractivity contribution in [3.05, 3.63) is 102 Å². The molecule has 0 spiro atoms. The van der Waals surface area contributed by atoms with E-state index in [1.165, 1.54) is 7.11 Å². The first kappa shape index (κ1) is 25.2. The van der Waals surface area contributed by atoms with E-state index in [0.29, 0.717) is 39.0 Å². The molecule has 40 heavy (non-hydrogen) atoms. The molecule has 0 saturated heterocycles. The summed E-state index contributed by atoms with van der Waals surface area (Å²) in [4.78, 5) is 26.4. The van der Waals surface area contributed by atoms with Crippen LogP contribution in [0, 0.1) is 0 Å². The van der Waals surface area contributed by atoms with E-state index < -0.39 is 17.7 Å². The van der Waals surface area contributed by atoms with Gasteiger partial charge < -0.3 is 18.3 Å². The van der Waals surface area contributed by atoms with Crippen LogP contribution in [-0.2, 0) is 14.3 Å². The van der Waals surface area contributed by atoms with Gasteiger partial charge in [0, 0.05) is 38.2 Å². The maximum absolute atomic E-state index is 13.4. The first-order valence-corrected chi connectivity index (χ1v) is 12.9. The number of hydrogen-bond donors (Lipinski definition) is 1. The molecule has 0 atom stereocenters. The average molecular weight is 534 g/mol. The van der Waals surface area contributed by atoms with Crippen molar-refractivity contribution in [2.45, 2.75) is 26.4 Å². The quantitative estimate of drug-likeness (QED) is 0.183. The molecule has 0 saturated carbocycles. The van der Waals surface area contributed by atoms with Gasteiger partial charge in [-0.25, -0.2) is 9.59 Å². The van der Waals surface area contributed by atoms with Gasteiger partial charge >= 0.3 is 12.1 Å². The Balaban J connectivity index is 1.72. The number of carbonyl (C=O) groups excluding carboxylic acids is 2. The highest BCUT2D eigenvalue weighted by Crippen LogP contribution is 2.41. The van der Waals surface area contributed by atoms with Crippen LogP contribution in [-0.4, -0.2) is 24.8 Å². The van der Waals surface area contributed by atoms with Gasteiger partial charge in [0.15, 0.2) is 0 Å². The van der Waals surface area contributed by atoms with Gasteiger partial charge in [-0.2, -0.15) is 0 Å². The molecule has 7 heteroatoms.